The number of esters is 1. The normalized spacial score (nSPS) is 13.0. The molecule has 0 bridgehead atoms. The molecule has 3 N–H and O–H groups in total. The van der Waals surface area contributed by atoms with Gasteiger partial charge in [0.2, 0.25) is 0 Å². The molecule has 0 heterocycles. The van der Waals surface area contributed by atoms with E-state index in [2.05, 4.69) is 15.6 Å². The van der Waals surface area contributed by atoms with Gasteiger partial charge in [-0.25, -0.2) is 4.79 Å². The Morgan fingerprint density at radius 3 is 2.58 bits per heavy atom. The number of aliphatic imine (C=N–C) groups is 1. The van der Waals surface area contributed by atoms with Gasteiger partial charge in [0, 0.05) is 28.6 Å². The van der Waals surface area contributed by atoms with Crippen molar-refractivity contribution < 1.29 is 14.6 Å². The summed E-state index contributed by atoms with van der Waals surface area (Å²) in [5.41, 5.74) is 9.66. The Balaban J connectivity index is 2.58. The number of aliphatic hydroxyl groups is 1. The van der Waals surface area contributed by atoms with Gasteiger partial charge in [0.15, 0.2) is 5.57 Å². The number of ether oxygens (including phenoxy) is 1. The van der Waals surface area contributed by atoms with Crippen molar-refractivity contribution in [3.63, 3.8) is 0 Å². The van der Waals surface area contributed by atoms with E-state index in [4.69, 9.17) is 23.8 Å². The van der Waals surface area contributed by atoms with Crippen molar-refractivity contribution in [2.24, 2.45) is 10.7 Å². The number of aliphatic hydroxyl groups excluding tert-OH is 1. The van der Waals surface area contributed by atoms with Gasteiger partial charge in [0.25, 0.3) is 0 Å². The maximum Gasteiger partial charge on any atom is 0.350 e. The predicted octanol–water partition coefficient (Wildman–Crippen LogP) is 5.54. The lowest BCUT2D eigenvalue weighted by atomic mass is 9.93. The van der Waals surface area contributed by atoms with Crippen LogP contribution in [0.4, 0.5) is 5.69 Å². The van der Waals surface area contributed by atoms with Crippen molar-refractivity contribution in [2.75, 3.05) is 7.11 Å². The number of nitrogens with zero attached hydrogens (tertiary/aromatic N) is 1. The van der Waals surface area contributed by atoms with E-state index in [1.807, 2.05) is 38.1 Å². The minimum absolute atomic E-state index is 0.252. The lowest BCUT2D eigenvalue weighted by molar-refractivity contribution is -0.135. The zero-order chi connectivity index (χ0) is 23.0. The highest BCUT2D eigenvalue weighted by Gasteiger charge is 2.19. The van der Waals surface area contributed by atoms with Crippen molar-refractivity contribution >= 4 is 46.4 Å². The number of nitrogens with two attached hydrogens (primary N) is 1. The maximum absolute atomic E-state index is 11.9. The lowest BCUT2D eigenvalue weighted by Gasteiger charge is -2.14. The maximum atomic E-state index is 11.9. The molecule has 0 amide bonds. The summed E-state index contributed by atoms with van der Waals surface area (Å²) in [4.78, 5) is 16.3. The van der Waals surface area contributed by atoms with Crippen LogP contribution < -0.4 is 5.73 Å². The first-order valence-corrected chi connectivity index (χ1v) is 9.71. The van der Waals surface area contributed by atoms with Crippen molar-refractivity contribution in [2.45, 2.75) is 13.8 Å². The Hall–Kier alpha value is -3.75. The summed E-state index contributed by atoms with van der Waals surface area (Å²) in [6.45, 7) is 3.75. The molecule has 2 rings (SSSR count). The number of allylic oxidation sites excluding steroid dienone is 3. The summed E-state index contributed by atoms with van der Waals surface area (Å²) in [6.07, 6.45) is 10.4. The number of hydrogen-bond donors (Lipinski definition) is 2. The number of rotatable bonds is 6. The molecule has 0 aliphatic carbocycles. The molecular formula is C25H23ClN2O3. The predicted molar refractivity (Wildman–Crippen MR) is 128 cm³/mol. The van der Waals surface area contributed by atoms with Gasteiger partial charge >= 0.3 is 5.97 Å². The van der Waals surface area contributed by atoms with Crippen molar-refractivity contribution in [1.29, 1.82) is 0 Å². The molecule has 5 nitrogen and oxygen atoms in total. The molecule has 2 aromatic rings. The molecule has 0 spiro atoms. The second kappa shape index (κ2) is 10.9. The third kappa shape index (κ3) is 5.65. The van der Waals surface area contributed by atoms with E-state index in [0.29, 0.717) is 27.4 Å². The Morgan fingerprint density at radius 1 is 1.26 bits per heavy atom. The fourth-order valence-electron chi connectivity index (χ4n) is 2.79. The third-order valence-corrected chi connectivity index (χ3v) is 4.81. The summed E-state index contributed by atoms with van der Waals surface area (Å²) in [5.74, 6) is 1.08. The first kappa shape index (κ1) is 23.5. The molecule has 0 unspecified atom stereocenters. The highest BCUT2D eigenvalue weighted by Crippen LogP contribution is 2.29. The molecule has 0 saturated heterocycles. The van der Waals surface area contributed by atoms with Crippen molar-refractivity contribution in [1.82, 2.24) is 0 Å². The molecule has 31 heavy (non-hydrogen) atoms. The van der Waals surface area contributed by atoms with Gasteiger partial charge < -0.3 is 15.6 Å². The van der Waals surface area contributed by atoms with Crippen LogP contribution in [-0.2, 0) is 9.53 Å². The Bertz CT molecular complexity index is 1150. The number of halogens is 1. The number of hydrogen-bond acceptors (Lipinski definition) is 5. The summed E-state index contributed by atoms with van der Waals surface area (Å²) >= 11 is 6.01. The molecule has 0 atom stereocenters. The average molecular weight is 435 g/mol. The van der Waals surface area contributed by atoms with Crippen LogP contribution in [0.3, 0.4) is 0 Å². The van der Waals surface area contributed by atoms with Crippen LogP contribution in [0, 0.1) is 12.3 Å². The monoisotopic (exact) mass is 434 g/mol. The molecule has 0 aliphatic heterocycles. The van der Waals surface area contributed by atoms with Crippen LogP contribution in [0.2, 0.25) is 5.02 Å². The van der Waals surface area contributed by atoms with Crippen molar-refractivity contribution in [3.05, 3.63) is 82.0 Å². The van der Waals surface area contributed by atoms with E-state index in [1.54, 1.807) is 30.5 Å². The fraction of sp³-hybridized carbons (Fsp3) is 0.120. The highest BCUT2D eigenvalue weighted by molar-refractivity contribution is 6.30. The molecule has 0 aliphatic rings. The van der Waals surface area contributed by atoms with E-state index >= 15 is 0 Å². The van der Waals surface area contributed by atoms with Crippen LogP contribution in [0.15, 0.2) is 65.3 Å². The van der Waals surface area contributed by atoms with Crippen LogP contribution in [0.1, 0.15) is 30.5 Å². The smallest absolute Gasteiger partial charge is 0.350 e. The average Bonchev–Trinajstić information content (AvgIpc) is 2.79. The minimum Gasteiger partial charge on any atom is -0.506 e. The van der Waals surface area contributed by atoms with Gasteiger partial charge in [-0.3, -0.25) is 4.99 Å². The Kier molecular flexibility index (Phi) is 8.25. The standard InChI is InChI=1S/C25H23ClN2O3/c1-5-16(3)23-12-17(10-11-22(23)24(29)21(6-2)25(30)31-4)18(14-27)15-28-20-9-7-8-19(26)13-20/h2,5,7-15,29H,27H2,1,3-4H3/b16-5-,18-14+,24-21-,28-15?. The second-order valence-electron chi connectivity index (χ2n) is 6.45. The topological polar surface area (TPSA) is 84.9 Å². The van der Waals surface area contributed by atoms with Crippen LogP contribution in [-0.4, -0.2) is 24.4 Å². The number of benzene rings is 2. The number of carbonyl (C=O) groups is 1. The summed E-state index contributed by atoms with van der Waals surface area (Å²) in [5, 5.41) is 11.3. The van der Waals surface area contributed by atoms with E-state index in [0.717, 1.165) is 11.1 Å². The second-order valence-corrected chi connectivity index (χ2v) is 6.89. The molecular weight excluding hydrogens is 412 g/mol. The van der Waals surface area contributed by atoms with Gasteiger partial charge in [-0.15, -0.1) is 6.42 Å². The molecule has 6 heteroatoms. The third-order valence-electron chi connectivity index (χ3n) is 4.58. The SMILES string of the molecule is C#C/C(C(=O)OC)=C(/O)c1ccc(/C(C=Nc2cccc(Cl)c2)=C/N)cc1/C(C)=C\C. The fourth-order valence-corrected chi connectivity index (χ4v) is 2.97. The zero-order valence-electron chi connectivity index (χ0n) is 17.5. The quantitative estimate of drug-likeness (QED) is 0.205. The molecule has 2 aromatic carbocycles. The van der Waals surface area contributed by atoms with Crippen LogP contribution in [0.25, 0.3) is 16.9 Å². The van der Waals surface area contributed by atoms with Crippen molar-refractivity contribution in [3.8, 4) is 12.3 Å². The summed E-state index contributed by atoms with van der Waals surface area (Å²) in [7, 11) is 1.20. The molecule has 0 aromatic heterocycles. The first-order chi connectivity index (χ1) is 14.9. The van der Waals surface area contributed by atoms with Gasteiger partial charge in [-0.1, -0.05) is 35.7 Å². The van der Waals surface area contributed by atoms with E-state index in [9.17, 15) is 9.90 Å². The van der Waals surface area contributed by atoms with Gasteiger partial charge in [0.05, 0.1) is 12.8 Å². The summed E-state index contributed by atoms with van der Waals surface area (Å²) in [6, 6.07) is 12.4. The molecule has 0 radical (unpaired) electrons. The molecule has 0 fully saturated rings. The minimum atomic E-state index is -0.788. The zero-order valence-corrected chi connectivity index (χ0v) is 18.3. The van der Waals surface area contributed by atoms with E-state index in [-0.39, 0.29) is 11.3 Å². The molecule has 158 valence electrons. The lowest BCUT2D eigenvalue weighted by Crippen LogP contribution is -2.07. The van der Waals surface area contributed by atoms with E-state index in [1.165, 1.54) is 13.3 Å². The highest BCUT2D eigenvalue weighted by atomic mass is 35.5. The number of terminal acetylenes is 1. The number of methoxy groups -OCH3 is 1. The first-order valence-electron chi connectivity index (χ1n) is 9.34. The van der Waals surface area contributed by atoms with Crippen LogP contribution >= 0.6 is 11.6 Å². The van der Waals surface area contributed by atoms with Gasteiger partial charge in [0.1, 0.15) is 5.76 Å². The summed E-state index contributed by atoms with van der Waals surface area (Å²) < 4.78 is 4.67. The number of carbonyl (C=O) groups excluding carboxylic acids is 1. The van der Waals surface area contributed by atoms with Gasteiger partial charge in [-0.05, 0) is 60.9 Å². The largest absolute Gasteiger partial charge is 0.506 e. The van der Waals surface area contributed by atoms with Crippen LogP contribution in [0.5, 0.6) is 0 Å². The van der Waals surface area contributed by atoms with Gasteiger partial charge in [-0.2, -0.15) is 0 Å². The Morgan fingerprint density at radius 2 is 2.00 bits per heavy atom. The Labute approximate surface area is 187 Å². The van der Waals surface area contributed by atoms with E-state index < -0.39 is 5.97 Å². The molecule has 0 saturated carbocycles.